The maximum atomic E-state index is 12.6. The van der Waals surface area contributed by atoms with Crippen molar-refractivity contribution in [2.45, 2.75) is 25.7 Å². The van der Waals surface area contributed by atoms with E-state index in [1.54, 1.807) is 4.90 Å². The van der Waals surface area contributed by atoms with Crippen molar-refractivity contribution in [2.75, 3.05) is 13.1 Å². The molecule has 7 heteroatoms. The second-order valence-corrected chi connectivity index (χ2v) is 6.05. The average molecular weight is 328 g/mol. The lowest BCUT2D eigenvalue weighted by molar-refractivity contribution is -0.137. The van der Waals surface area contributed by atoms with Gasteiger partial charge in [-0.15, -0.1) is 5.10 Å². The molecule has 1 aliphatic heterocycles. The minimum absolute atomic E-state index is 0.141. The number of amides is 1. The topological polar surface area (TPSA) is 88.3 Å². The zero-order valence-corrected chi connectivity index (χ0v) is 13.3. The van der Waals surface area contributed by atoms with E-state index < -0.39 is 5.97 Å². The van der Waals surface area contributed by atoms with Crippen molar-refractivity contribution in [1.82, 2.24) is 19.9 Å². The van der Waals surface area contributed by atoms with Crippen molar-refractivity contribution < 1.29 is 14.7 Å². The second kappa shape index (κ2) is 7.25. The first-order chi connectivity index (χ1) is 11.6. The highest BCUT2D eigenvalue weighted by Crippen LogP contribution is 2.22. The number of carboxylic acid groups (broad SMARTS) is 1. The van der Waals surface area contributed by atoms with Gasteiger partial charge in [0.05, 0.1) is 11.9 Å². The standard InChI is InChI=1S/C17H20N4O3/c22-16(23)9-8-13-5-4-10-20(12-13)17(24)15-11-18-21(19-15)14-6-2-1-3-7-14/h1-3,6-7,11,13H,4-5,8-10,12H2,(H,22,23)/t13-/m1/s1. The highest BCUT2D eigenvalue weighted by atomic mass is 16.4. The Bertz CT molecular complexity index is 714. The molecule has 1 amide bonds. The molecule has 1 fully saturated rings. The molecule has 0 spiro atoms. The number of benzene rings is 1. The minimum Gasteiger partial charge on any atom is -0.481 e. The summed E-state index contributed by atoms with van der Waals surface area (Å²) < 4.78 is 0. The third-order valence-corrected chi connectivity index (χ3v) is 4.27. The van der Waals surface area contributed by atoms with Crippen LogP contribution in [-0.4, -0.2) is 50.0 Å². The lowest BCUT2D eigenvalue weighted by Gasteiger charge is -2.32. The molecule has 1 N–H and O–H groups in total. The molecule has 7 nitrogen and oxygen atoms in total. The quantitative estimate of drug-likeness (QED) is 0.906. The number of nitrogens with zero attached hydrogens (tertiary/aromatic N) is 4. The molecule has 1 atom stereocenters. The zero-order valence-electron chi connectivity index (χ0n) is 13.3. The summed E-state index contributed by atoms with van der Waals surface area (Å²) in [7, 11) is 0. The van der Waals surface area contributed by atoms with Crippen molar-refractivity contribution in [3.05, 3.63) is 42.2 Å². The summed E-state index contributed by atoms with van der Waals surface area (Å²) in [5, 5.41) is 17.2. The fraction of sp³-hybridized carbons (Fsp3) is 0.412. The van der Waals surface area contributed by atoms with Crippen LogP contribution in [0.2, 0.25) is 0 Å². The molecular weight excluding hydrogens is 308 g/mol. The first-order valence-corrected chi connectivity index (χ1v) is 8.12. The largest absolute Gasteiger partial charge is 0.481 e. The minimum atomic E-state index is -0.788. The van der Waals surface area contributed by atoms with Crippen molar-refractivity contribution >= 4 is 11.9 Å². The van der Waals surface area contributed by atoms with Gasteiger partial charge in [0, 0.05) is 19.5 Å². The van der Waals surface area contributed by atoms with E-state index in [-0.39, 0.29) is 18.2 Å². The van der Waals surface area contributed by atoms with Crippen molar-refractivity contribution in [3.8, 4) is 5.69 Å². The monoisotopic (exact) mass is 328 g/mol. The summed E-state index contributed by atoms with van der Waals surface area (Å²) in [5.41, 5.74) is 1.12. The van der Waals surface area contributed by atoms with E-state index in [9.17, 15) is 9.59 Å². The van der Waals surface area contributed by atoms with E-state index >= 15 is 0 Å². The number of carboxylic acids is 1. The van der Waals surface area contributed by atoms with Crippen molar-refractivity contribution in [3.63, 3.8) is 0 Å². The number of carbonyl (C=O) groups is 2. The predicted molar refractivity (Wildman–Crippen MR) is 86.9 cm³/mol. The molecular formula is C17H20N4O3. The van der Waals surface area contributed by atoms with Crippen molar-refractivity contribution in [1.29, 1.82) is 0 Å². The third-order valence-electron chi connectivity index (χ3n) is 4.27. The summed E-state index contributed by atoms with van der Waals surface area (Å²) in [5.74, 6) is -0.690. The summed E-state index contributed by atoms with van der Waals surface area (Å²) in [4.78, 5) is 26.5. The molecule has 0 bridgehead atoms. The van der Waals surface area contributed by atoms with Gasteiger partial charge in [0.1, 0.15) is 0 Å². The first-order valence-electron chi connectivity index (χ1n) is 8.12. The van der Waals surface area contributed by atoms with E-state index in [1.807, 2.05) is 30.3 Å². The van der Waals surface area contributed by atoms with Crippen LogP contribution in [-0.2, 0) is 4.79 Å². The fourth-order valence-corrected chi connectivity index (χ4v) is 3.02. The van der Waals surface area contributed by atoms with Crippen LogP contribution < -0.4 is 0 Å². The molecule has 0 radical (unpaired) electrons. The normalized spacial score (nSPS) is 17.7. The maximum Gasteiger partial charge on any atom is 0.303 e. The number of piperidine rings is 1. The Morgan fingerprint density at radius 2 is 2.04 bits per heavy atom. The summed E-state index contributed by atoms with van der Waals surface area (Å²) >= 11 is 0. The lowest BCUT2D eigenvalue weighted by atomic mass is 9.93. The van der Waals surface area contributed by atoms with E-state index in [1.165, 1.54) is 11.0 Å². The number of likely N-dealkylation sites (tertiary alicyclic amines) is 1. The van der Waals surface area contributed by atoms with Gasteiger partial charge in [-0.1, -0.05) is 18.2 Å². The molecule has 2 aromatic rings. The molecule has 0 aliphatic carbocycles. The summed E-state index contributed by atoms with van der Waals surface area (Å²) in [6.07, 6.45) is 4.10. The van der Waals surface area contributed by atoms with Gasteiger partial charge in [-0.05, 0) is 37.3 Å². The Labute approximate surface area is 139 Å². The van der Waals surface area contributed by atoms with Crippen LogP contribution in [0.15, 0.2) is 36.5 Å². The number of hydrogen-bond acceptors (Lipinski definition) is 4. The number of aliphatic carboxylic acids is 1. The number of carbonyl (C=O) groups excluding carboxylic acids is 1. The zero-order chi connectivity index (χ0) is 16.9. The number of rotatable bonds is 5. The maximum absolute atomic E-state index is 12.6. The van der Waals surface area contributed by atoms with Crippen LogP contribution in [0.5, 0.6) is 0 Å². The van der Waals surface area contributed by atoms with E-state index in [0.29, 0.717) is 25.2 Å². The Morgan fingerprint density at radius 3 is 2.79 bits per heavy atom. The van der Waals surface area contributed by atoms with Crippen LogP contribution in [0.4, 0.5) is 0 Å². The van der Waals surface area contributed by atoms with Gasteiger partial charge in [0.2, 0.25) is 0 Å². The third kappa shape index (κ3) is 3.79. The van der Waals surface area contributed by atoms with Crippen LogP contribution in [0, 0.1) is 5.92 Å². The van der Waals surface area contributed by atoms with Crippen LogP contribution in [0.25, 0.3) is 5.69 Å². The van der Waals surface area contributed by atoms with Gasteiger partial charge in [-0.25, -0.2) is 0 Å². The predicted octanol–water partition coefficient (Wildman–Crippen LogP) is 1.98. The lowest BCUT2D eigenvalue weighted by Crippen LogP contribution is -2.40. The highest BCUT2D eigenvalue weighted by Gasteiger charge is 2.26. The molecule has 2 heterocycles. The van der Waals surface area contributed by atoms with Gasteiger partial charge < -0.3 is 10.0 Å². The smallest absolute Gasteiger partial charge is 0.303 e. The summed E-state index contributed by atoms with van der Waals surface area (Å²) in [6.45, 7) is 1.27. The SMILES string of the molecule is O=C(O)CC[C@H]1CCCN(C(=O)c2cnn(-c3ccccc3)n2)C1. The van der Waals surface area contributed by atoms with Gasteiger partial charge in [-0.3, -0.25) is 9.59 Å². The highest BCUT2D eigenvalue weighted by molar-refractivity contribution is 5.92. The van der Waals surface area contributed by atoms with Crippen molar-refractivity contribution in [2.24, 2.45) is 5.92 Å². The number of hydrogen-bond donors (Lipinski definition) is 1. The van der Waals surface area contributed by atoms with Crippen LogP contribution in [0.3, 0.4) is 0 Å². The first kappa shape index (κ1) is 16.2. The Kier molecular flexibility index (Phi) is 4.88. The average Bonchev–Trinajstić information content (AvgIpc) is 3.10. The molecule has 0 unspecified atom stereocenters. The van der Waals surface area contributed by atoms with Gasteiger partial charge in [-0.2, -0.15) is 9.90 Å². The molecule has 1 aromatic carbocycles. The molecule has 126 valence electrons. The molecule has 24 heavy (non-hydrogen) atoms. The molecule has 1 aliphatic rings. The number of aromatic nitrogens is 3. The molecule has 1 saturated heterocycles. The van der Waals surface area contributed by atoms with Gasteiger partial charge >= 0.3 is 5.97 Å². The summed E-state index contributed by atoms with van der Waals surface area (Å²) in [6, 6.07) is 9.42. The van der Waals surface area contributed by atoms with E-state index in [4.69, 9.17) is 5.11 Å². The van der Waals surface area contributed by atoms with Gasteiger partial charge in [0.15, 0.2) is 5.69 Å². The fourth-order valence-electron chi connectivity index (χ4n) is 3.02. The van der Waals surface area contributed by atoms with E-state index in [0.717, 1.165) is 18.5 Å². The van der Waals surface area contributed by atoms with Gasteiger partial charge in [0.25, 0.3) is 5.91 Å². The van der Waals surface area contributed by atoms with E-state index in [2.05, 4.69) is 10.2 Å². The Hall–Kier alpha value is -2.70. The molecule has 1 aromatic heterocycles. The Morgan fingerprint density at radius 1 is 1.25 bits per heavy atom. The number of para-hydroxylation sites is 1. The molecule has 3 rings (SSSR count). The molecule has 0 saturated carbocycles. The van der Waals surface area contributed by atoms with Crippen LogP contribution >= 0.6 is 0 Å². The second-order valence-electron chi connectivity index (χ2n) is 6.05. The Balaban J connectivity index is 1.66. The van der Waals surface area contributed by atoms with Crippen LogP contribution in [0.1, 0.15) is 36.2 Å².